The minimum absolute atomic E-state index is 0.102. The van der Waals surface area contributed by atoms with Crippen LogP contribution in [-0.2, 0) is 32.6 Å². The van der Waals surface area contributed by atoms with E-state index in [-0.39, 0.29) is 29.7 Å². The number of nitrogens with one attached hydrogen (secondary N) is 1. The molecular formula is C33H36BrN3O4S. The van der Waals surface area contributed by atoms with E-state index < -0.39 is 28.5 Å². The van der Waals surface area contributed by atoms with Crippen LogP contribution in [0.25, 0.3) is 10.8 Å². The molecule has 4 aromatic rings. The highest BCUT2D eigenvalue weighted by molar-refractivity contribution is 9.10. The van der Waals surface area contributed by atoms with Crippen LogP contribution in [0, 0.1) is 5.92 Å². The lowest BCUT2D eigenvalue weighted by molar-refractivity contribution is -0.141. The summed E-state index contributed by atoms with van der Waals surface area (Å²) in [6.07, 6.45) is 0.283. The minimum Gasteiger partial charge on any atom is -0.354 e. The summed E-state index contributed by atoms with van der Waals surface area (Å²) in [5, 5.41) is 4.70. The van der Waals surface area contributed by atoms with E-state index in [1.54, 1.807) is 18.2 Å². The van der Waals surface area contributed by atoms with Gasteiger partial charge < -0.3 is 10.2 Å². The predicted octanol–water partition coefficient (Wildman–Crippen LogP) is 5.64. The van der Waals surface area contributed by atoms with Crippen molar-refractivity contribution in [1.82, 2.24) is 14.5 Å². The number of fused-ring (bicyclic) bond motifs is 1. The van der Waals surface area contributed by atoms with E-state index in [1.165, 1.54) is 11.9 Å². The smallest absolute Gasteiger partial charge is 0.243 e. The molecule has 0 aromatic heterocycles. The first-order chi connectivity index (χ1) is 20.0. The minimum atomic E-state index is -3.99. The molecule has 0 unspecified atom stereocenters. The third-order valence-electron chi connectivity index (χ3n) is 6.98. The number of benzene rings is 4. The summed E-state index contributed by atoms with van der Waals surface area (Å²) < 4.78 is 29.1. The molecule has 4 rings (SSSR count). The van der Waals surface area contributed by atoms with Crippen LogP contribution in [0.5, 0.6) is 0 Å². The van der Waals surface area contributed by atoms with Crippen LogP contribution in [0.3, 0.4) is 0 Å². The standard InChI is InChI=1S/C33H36BrN3O4S/c1-24(2)21-35-33(39)31(19-25-10-5-4-6-11-25)37(22-26-12-9-15-29(34)18-26)32(38)23-36(3)42(40,41)30-17-16-27-13-7-8-14-28(27)20-30/h4-18,20,24,31H,19,21-23H2,1-3H3,(H,35,39)/t31-/m0/s1. The molecule has 0 saturated heterocycles. The molecule has 0 spiro atoms. The average molecular weight is 651 g/mol. The fraction of sp³-hybridized carbons (Fsp3) is 0.273. The molecule has 42 heavy (non-hydrogen) atoms. The maximum atomic E-state index is 14.0. The van der Waals surface area contributed by atoms with Crippen LogP contribution in [0.2, 0.25) is 0 Å². The highest BCUT2D eigenvalue weighted by Crippen LogP contribution is 2.23. The fourth-order valence-corrected chi connectivity index (χ4v) is 6.29. The Hall–Kier alpha value is -3.53. The monoisotopic (exact) mass is 649 g/mol. The molecule has 0 fully saturated rings. The van der Waals surface area contributed by atoms with E-state index in [0.717, 1.165) is 30.7 Å². The molecule has 0 aliphatic carbocycles. The molecule has 0 saturated carbocycles. The van der Waals surface area contributed by atoms with Crippen LogP contribution in [-0.4, -0.2) is 55.6 Å². The highest BCUT2D eigenvalue weighted by atomic mass is 79.9. The van der Waals surface area contributed by atoms with Gasteiger partial charge in [0.1, 0.15) is 6.04 Å². The summed E-state index contributed by atoms with van der Waals surface area (Å²) in [6, 6.07) is 28.6. The van der Waals surface area contributed by atoms with Crippen molar-refractivity contribution < 1.29 is 18.0 Å². The summed E-state index contributed by atoms with van der Waals surface area (Å²) in [7, 11) is -2.59. The number of amides is 2. The Bertz CT molecular complexity index is 1640. The zero-order valence-electron chi connectivity index (χ0n) is 24.0. The quantitative estimate of drug-likeness (QED) is 0.215. The van der Waals surface area contributed by atoms with Gasteiger partial charge in [0, 0.05) is 31.0 Å². The summed E-state index contributed by atoms with van der Waals surface area (Å²) in [5.74, 6) is -0.530. The molecule has 7 nitrogen and oxygen atoms in total. The van der Waals surface area contributed by atoms with Crippen molar-refractivity contribution >= 4 is 48.5 Å². The van der Waals surface area contributed by atoms with Gasteiger partial charge in [0.05, 0.1) is 11.4 Å². The third-order valence-corrected chi connectivity index (χ3v) is 9.28. The molecular weight excluding hydrogens is 614 g/mol. The van der Waals surface area contributed by atoms with Gasteiger partial charge in [-0.25, -0.2) is 8.42 Å². The summed E-state index contributed by atoms with van der Waals surface area (Å²) in [6.45, 7) is 4.17. The zero-order chi connectivity index (χ0) is 30.3. The topological polar surface area (TPSA) is 86.8 Å². The second-order valence-corrected chi connectivity index (χ2v) is 13.7. The Morgan fingerprint density at radius 2 is 1.50 bits per heavy atom. The summed E-state index contributed by atoms with van der Waals surface area (Å²) in [5.41, 5.74) is 1.71. The molecule has 9 heteroatoms. The van der Waals surface area contributed by atoms with Crippen molar-refractivity contribution in [2.45, 2.75) is 37.8 Å². The molecule has 0 aliphatic rings. The fourth-order valence-electron chi connectivity index (χ4n) is 4.68. The van der Waals surface area contributed by atoms with Crippen molar-refractivity contribution in [3.63, 3.8) is 0 Å². The van der Waals surface area contributed by atoms with Crippen molar-refractivity contribution in [2.75, 3.05) is 20.1 Å². The maximum Gasteiger partial charge on any atom is 0.243 e. The van der Waals surface area contributed by atoms with Crippen LogP contribution < -0.4 is 5.32 Å². The van der Waals surface area contributed by atoms with Gasteiger partial charge in [0.15, 0.2) is 0 Å². The third kappa shape index (κ3) is 8.06. The van der Waals surface area contributed by atoms with Gasteiger partial charge in [0.25, 0.3) is 0 Å². The number of hydrogen-bond donors (Lipinski definition) is 1. The summed E-state index contributed by atoms with van der Waals surface area (Å²) in [4.78, 5) is 29.3. The van der Waals surface area contributed by atoms with Crippen molar-refractivity contribution in [3.05, 3.63) is 113 Å². The van der Waals surface area contributed by atoms with Crippen molar-refractivity contribution in [2.24, 2.45) is 5.92 Å². The van der Waals surface area contributed by atoms with Gasteiger partial charge >= 0.3 is 0 Å². The van der Waals surface area contributed by atoms with Gasteiger partial charge in [-0.2, -0.15) is 4.31 Å². The molecule has 1 atom stereocenters. The Morgan fingerprint density at radius 3 is 2.19 bits per heavy atom. The summed E-state index contributed by atoms with van der Waals surface area (Å²) >= 11 is 3.49. The molecule has 0 aliphatic heterocycles. The lowest BCUT2D eigenvalue weighted by Crippen LogP contribution is -2.53. The van der Waals surface area contributed by atoms with E-state index >= 15 is 0 Å². The van der Waals surface area contributed by atoms with Gasteiger partial charge in [0.2, 0.25) is 21.8 Å². The first kappa shape index (κ1) is 31.4. The molecule has 2 amide bonds. The number of carbonyl (C=O) groups excluding carboxylic acids is 2. The molecule has 0 heterocycles. The first-order valence-corrected chi connectivity index (χ1v) is 16.1. The van der Waals surface area contributed by atoms with E-state index in [2.05, 4.69) is 21.2 Å². The van der Waals surface area contributed by atoms with E-state index in [4.69, 9.17) is 0 Å². The van der Waals surface area contributed by atoms with Crippen LogP contribution in [0.4, 0.5) is 0 Å². The zero-order valence-corrected chi connectivity index (χ0v) is 26.4. The molecule has 4 aromatic carbocycles. The molecule has 220 valence electrons. The van der Waals surface area contributed by atoms with Gasteiger partial charge in [-0.05, 0) is 52.1 Å². The Labute approximate surface area is 256 Å². The molecule has 1 N–H and O–H groups in total. The van der Waals surface area contributed by atoms with Crippen molar-refractivity contribution in [3.8, 4) is 0 Å². The molecule has 0 bridgehead atoms. The highest BCUT2D eigenvalue weighted by Gasteiger charge is 2.33. The number of carbonyl (C=O) groups is 2. The number of likely N-dealkylation sites (N-methyl/N-ethyl adjacent to an activating group) is 1. The first-order valence-electron chi connectivity index (χ1n) is 13.9. The van der Waals surface area contributed by atoms with E-state index in [0.29, 0.717) is 6.54 Å². The Morgan fingerprint density at radius 1 is 0.833 bits per heavy atom. The van der Waals surface area contributed by atoms with E-state index in [9.17, 15) is 18.0 Å². The number of halogens is 1. The normalized spacial score (nSPS) is 12.4. The Kier molecular flexibility index (Phi) is 10.5. The predicted molar refractivity (Wildman–Crippen MR) is 170 cm³/mol. The van der Waals surface area contributed by atoms with E-state index in [1.807, 2.05) is 92.7 Å². The lowest BCUT2D eigenvalue weighted by atomic mass is 10.0. The number of hydrogen-bond acceptors (Lipinski definition) is 4. The van der Waals surface area contributed by atoms with Crippen LogP contribution >= 0.6 is 15.9 Å². The Balaban J connectivity index is 1.67. The van der Waals surface area contributed by atoms with Gasteiger partial charge in [-0.15, -0.1) is 0 Å². The number of nitrogens with zero attached hydrogens (tertiary/aromatic N) is 2. The van der Waals surface area contributed by atoms with Gasteiger partial charge in [-0.3, -0.25) is 9.59 Å². The van der Waals surface area contributed by atoms with Crippen LogP contribution in [0.15, 0.2) is 106 Å². The largest absolute Gasteiger partial charge is 0.354 e. The lowest BCUT2D eigenvalue weighted by Gasteiger charge is -2.33. The number of rotatable bonds is 12. The van der Waals surface area contributed by atoms with Crippen molar-refractivity contribution in [1.29, 1.82) is 0 Å². The SMILES string of the molecule is CC(C)CNC(=O)[C@H](Cc1ccccc1)N(Cc1cccc(Br)c1)C(=O)CN(C)S(=O)(=O)c1ccc2ccccc2c1. The second kappa shape index (κ2) is 14.1. The van der Waals surface area contributed by atoms with Gasteiger partial charge in [-0.1, -0.05) is 103 Å². The average Bonchev–Trinajstić information content (AvgIpc) is 2.97. The van der Waals surface area contributed by atoms with Crippen LogP contribution in [0.1, 0.15) is 25.0 Å². The maximum absolute atomic E-state index is 14.0. The molecule has 0 radical (unpaired) electrons. The second-order valence-electron chi connectivity index (χ2n) is 10.8. The number of sulfonamides is 1.